The highest BCUT2D eigenvalue weighted by atomic mass is 35.5. The molecule has 25 heteroatoms. The van der Waals surface area contributed by atoms with Crippen LogP contribution < -0.4 is 19.8 Å². The molecule has 82 heavy (non-hydrogen) atoms. The van der Waals surface area contributed by atoms with Crippen molar-refractivity contribution in [1.82, 2.24) is 9.47 Å². The topological polar surface area (TPSA) is 191 Å². The number of piperidine rings is 1. The van der Waals surface area contributed by atoms with Gasteiger partial charge in [0.15, 0.2) is 9.84 Å². The number of sulfone groups is 2. The molecular formula is C57H66ClF4N6O9PS4. The lowest BCUT2D eigenvalue weighted by atomic mass is 9.96. The zero-order chi connectivity index (χ0) is 59.1. The molecule has 1 atom stereocenters. The molecule has 5 aromatic carbocycles. The van der Waals surface area contributed by atoms with Gasteiger partial charge in [-0.25, -0.2) is 21.2 Å². The third-order valence-electron chi connectivity index (χ3n) is 14.4. The van der Waals surface area contributed by atoms with Crippen LogP contribution in [0.2, 0.25) is 5.02 Å². The minimum Gasteiger partial charge on any atom is -0.465 e. The number of rotatable bonds is 23. The number of carbonyl (C=O) groups excluding carboxylic acids is 1. The third-order valence-corrected chi connectivity index (χ3v) is 20.3. The maximum absolute atomic E-state index is 15.8. The number of esters is 1. The van der Waals surface area contributed by atoms with E-state index in [1.54, 1.807) is 25.1 Å². The molecule has 8 rings (SSSR count). The fraction of sp³-hybridized carbons (Fsp3) is 0.386. The van der Waals surface area contributed by atoms with Crippen LogP contribution in [0, 0.1) is 18.7 Å². The number of benzene rings is 5. The van der Waals surface area contributed by atoms with Gasteiger partial charge in [-0.05, 0) is 168 Å². The Labute approximate surface area is 490 Å². The van der Waals surface area contributed by atoms with E-state index < -0.39 is 55.5 Å². The molecule has 0 radical (unpaired) electrons. The molecule has 0 unspecified atom stereocenters. The Morgan fingerprint density at radius 1 is 0.829 bits per heavy atom. The summed E-state index contributed by atoms with van der Waals surface area (Å²) in [4.78, 5) is 37.5. The molecule has 3 heterocycles. The second-order valence-electron chi connectivity index (χ2n) is 20.7. The molecule has 1 aromatic heterocycles. The third kappa shape index (κ3) is 15.9. The summed E-state index contributed by atoms with van der Waals surface area (Å²) in [5.74, 6) is -0.929. The molecule has 0 saturated carbocycles. The molecule has 2 aliphatic heterocycles. The molecule has 0 spiro atoms. The molecule has 4 N–H and O–H groups in total. The lowest BCUT2D eigenvalue weighted by molar-refractivity contribution is -0.150. The molecule has 6 aromatic rings. The van der Waals surface area contributed by atoms with Gasteiger partial charge in [-0.15, -0.1) is 11.8 Å². The fourth-order valence-electron chi connectivity index (χ4n) is 10.4. The normalized spacial score (nSPS) is 15.5. The van der Waals surface area contributed by atoms with E-state index in [0.717, 1.165) is 34.2 Å². The number of halogens is 5. The van der Waals surface area contributed by atoms with Crippen LogP contribution in [0.1, 0.15) is 51.3 Å². The molecular weight excluding hydrogens is 1180 g/mol. The number of alkyl halides is 3. The smallest absolute Gasteiger partial charge is 0.465 e. The summed E-state index contributed by atoms with van der Waals surface area (Å²) in [6.45, 7) is 9.35. The van der Waals surface area contributed by atoms with Gasteiger partial charge in [0, 0.05) is 99.9 Å². The van der Waals surface area contributed by atoms with Gasteiger partial charge in [-0.2, -0.15) is 13.2 Å². The van der Waals surface area contributed by atoms with Crippen LogP contribution >= 0.6 is 42.9 Å². The Hall–Kier alpha value is -5.23. The number of aromatic nitrogens is 1. The largest absolute Gasteiger partial charge is 0.501 e. The quantitative estimate of drug-likeness (QED) is 0.0118. The SMILES string of the molecule is Cc1c(S(C)(=O)=O)c(-c2cc(F)cc(N3CCN(c4ccc(NSc5ccc(N[C@H](CCN6CCC(C(=O)OCCCP(=O)(O)O)CC6)CSc6ccccc6)c(S(=O)(=O)C(F)(F)F)c5)cc4)CC3)c2)c(-c2ccc(Cl)cc2)n1C(C)C. The second kappa shape index (κ2) is 26.8. The van der Waals surface area contributed by atoms with Crippen molar-refractivity contribution in [3.05, 3.63) is 132 Å². The summed E-state index contributed by atoms with van der Waals surface area (Å²) in [5, 5.41) is 3.67. The summed E-state index contributed by atoms with van der Waals surface area (Å²) < 4.78 is 134. The molecule has 2 fully saturated rings. The minimum absolute atomic E-state index is 0.0447. The van der Waals surface area contributed by atoms with Crippen LogP contribution in [0.4, 0.5) is 40.3 Å². The highest BCUT2D eigenvalue weighted by Crippen LogP contribution is 2.45. The van der Waals surface area contributed by atoms with Gasteiger partial charge in [0.25, 0.3) is 9.84 Å². The first kappa shape index (κ1) is 62.8. The molecule has 0 amide bonds. The number of nitrogens with zero attached hydrogens (tertiary/aromatic N) is 4. The Balaban J connectivity index is 0.921. The zero-order valence-corrected chi connectivity index (χ0v) is 50.5. The Bertz CT molecular complexity index is 3470. The van der Waals surface area contributed by atoms with Gasteiger partial charge >= 0.3 is 19.1 Å². The van der Waals surface area contributed by atoms with Crippen molar-refractivity contribution in [2.75, 3.05) is 90.4 Å². The highest BCUT2D eigenvalue weighted by molar-refractivity contribution is 8.00. The first-order valence-corrected chi connectivity index (χ1v) is 34.0. The minimum atomic E-state index is -5.83. The van der Waals surface area contributed by atoms with Gasteiger partial charge in [0.1, 0.15) is 10.7 Å². The van der Waals surface area contributed by atoms with Crippen LogP contribution in [0.15, 0.2) is 135 Å². The summed E-state index contributed by atoms with van der Waals surface area (Å²) in [6, 6.07) is 31.9. The average molecular weight is 1250 g/mol. The van der Waals surface area contributed by atoms with E-state index >= 15 is 4.39 Å². The molecule has 442 valence electrons. The predicted octanol–water partition coefficient (Wildman–Crippen LogP) is 12.4. The first-order chi connectivity index (χ1) is 38.8. The van der Waals surface area contributed by atoms with Gasteiger partial charge in [0.2, 0.25) is 0 Å². The number of carbonyl (C=O) groups is 1. The fourth-order valence-corrected chi connectivity index (χ4v) is 15.0. The zero-order valence-electron chi connectivity index (χ0n) is 45.6. The van der Waals surface area contributed by atoms with Crippen LogP contribution in [0.25, 0.3) is 22.4 Å². The van der Waals surface area contributed by atoms with Crippen molar-refractivity contribution in [2.24, 2.45) is 5.92 Å². The average Bonchev–Trinajstić information content (AvgIpc) is 4.02. The van der Waals surface area contributed by atoms with Crippen molar-refractivity contribution >= 4 is 91.3 Å². The van der Waals surface area contributed by atoms with Crippen molar-refractivity contribution in [3.63, 3.8) is 0 Å². The number of nitrogens with one attached hydrogen (secondary N) is 2. The van der Waals surface area contributed by atoms with Gasteiger partial charge in [-0.3, -0.25) is 9.36 Å². The van der Waals surface area contributed by atoms with Gasteiger partial charge in [0.05, 0.1) is 35.0 Å². The Morgan fingerprint density at radius 2 is 1.48 bits per heavy atom. The highest BCUT2D eigenvalue weighted by Gasteiger charge is 2.48. The molecule has 15 nitrogen and oxygen atoms in total. The number of piperazine rings is 1. The summed E-state index contributed by atoms with van der Waals surface area (Å²) in [5.41, 5.74) is -0.907. The summed E-state index contributed by atoms with van der Waals surface area (Å²) in [6.07, 6.45) is 2.24. The van der Waals surface area contributed by atoms with E-state index in [1.165, 1.54) is 36.2 Å². The van der Waals surface area contributed by atoms with Crippen LogP contribution in [0.3, 0.4) is 0 Å². The van der Waals surface area contributed by atoms with Crippen molar-refractivity contribution in [2.45, 2.75) is 83.6 Å². The summed E-state index contributed by atoms with van der Waals surface area (Å²) >= 11 is 8.69. The predicted molar refractivity (Wildman–Crippen MR) is 319 cm³/mol. The number of hydrogen-bond donors (Lipinski definition) is 4. The number of thioether (sulfide) groups is 1. The molecule has 2 saturated heterocycles. The van der Waals surface area contributed by atoms with Gasteiger partial charge < -0.3 is 43.8 Å². The molecule has 0 aliphatic carbocycles. The number of likely N-dealkylation sites (tertiary alicyclic amines) is 1. The number of ether oxygens (including phenoxy) is 1. The van der Waals surface area contributed by atoms with E-state index in [9.17, 15) is 39.4 Å². The van der Waals surface area contributed by atoms with E-state index in [2.05, 4.69) is 24.7 Å². The second-order valence-corrected chi connectivity index (χ2v) is 28.7. The monoisotopic (exact) mass is 1250 g/mol. The Kier molecular flexibility index (Phi) is 20.5. The Morgan fingerprint density at radius 3 is 2.09 bits per heavy atom. The van der Waals surface area contributed by atoms with Gasteiger partial charge in [-0.1, -0.05) is 41.9 Å². The lowest BCUT2D eigenvalue weighted by Crippen LogP contribution is -2.46. The standard InChI is InChI=1S/C57H66ClF4N6O9PS4/c1-38(2)68-39(3)55(81(4,73)74)53(54(68)40-11-13-43(58)14-12-40)42-33-44(59)35-48(34-42)67-29-27-66(28-30-67)47-17-15-45(16-18-47)64-80-50-19-20-51(52(36-50)82(75,76)57(60,61)62)63-46(37-79-49-9-6-5-7-10-49)23-26-65-24-21-41(22-25-65)56(69)77-31-8-32-78(70,71)72/h5-7,9-20,33-36,38,41,46,63-64H,8,21-32,37H2,1-4H3,(H2,70,71,72)/t46-/m1/s1. The number of hydrogen-bond acceptors (Lipinski definition) is 14. The van der Waals surface area contributed by atoms with E-state index in [-0.39, 0.29) is 46.6 Å². The van der Waals surface area contributed by atoms with E-state index in [1.807, 2.05) is 91.2 Å². The molecule has 0 bridgehead atoms. The van der Waals surface area contributed by atoms with Crippen molar-refractivity contribution in [1.29, 1.82) is 0 Å². The molecule has 2 aliphatic rings. The lowest BCUT2D eigenvalue weighted by Gasteiger charge is -2.37. The van der Waals surface area contributed by atoms with Crippen molar-refractivity contribution < 1.29 is 58.3 Å². The number of anilines is 4. The maximum Gasteiger partial charge on any atom is 0.501 e. The summed E-state index contributed by atoms with van der Waals surface area (Å²) in [7, 11) is -13.8. The van der Waals surface area contributed by atoms with Crippen molar-refractivity contribution in [3.8, 4) is 22.4 Å². The van der Waals surface area contributed by atoms with Crippen LogP contribution in [-0.2, 0) is 33.8 Å². The van der Waals surface area contributed by atoms with Crippen LogP contribution in [-0.4, -0.2) is 124 Å². The first-order valence-electron chi connectivity index (χ1n) is 26.6. The van der Waals surface area contributed by atoms with Crippen LogP contribution in [0.5, 0.6) is 0 Å². The van der Waals surface area contributed by atoms with E-state index in [0.29, 0.717) is 110 Å². The maximum atomic E-state index is 15.8. The van der Waals surface area contributed by atoms with E-state index in [4.69, 9.17) is 26.1 Å².